The van der Waals surface area contributed by atoms with E-state index in [1.807, 2.05) is 17.0 Å². The number of amides is 2. The van der Waals surface area contributed by atoms with E-state index in [9.17, 15) is 9.59 Å². The molecular weight excluding hydrogens is 270 g/mol. The van der Waals surface area contributed by atoms with E-state index >= 15 is 0 Å². The molecule has 0 radical (unpaired) electrons. The van der Waals surface area contributed by atoms with Crippen molar-refractivity contribution in [1.29, 1.82) is 0 Å². The number of rotatable bonds is 2. The largest absolute Gasteiger partial charge is 0.351 e. The first-order valence-electron chi connectivity index (χ1n) is 6.90. The molecule has 2 amide bonds. The van der Waals surface area contributed by atoms with Crippen LogP contribution in [0, 0.1) is 0 Å². The Bertz CT molecular complexity index is 737. The number of nitrogens with one attached hydrogen (secondary N) is 1. The number of anilines is 2. The second kappa shape index (κ2) is 4.44. The fraction of sp³-hybridized carbons (Fsp3) is 0.267. The Balaban J connectivity index is 1.67. The monoisotopic (exact) mass is 283 g/mol. The van der Waals surface area contributed by atoms with Gasteiger partial charge in [0.2, 0.25) is 11.7 Å². The van der Waals surface area contributed by atoms with Gasteiger partial charge < -0.3 is 14.7 Å². The van der Waals surface area contributed by atoms with Gasteiger partial charge in [0.25, 0.3) is 5.91 Å². The van der Waals surface area contributed by atoms with Crippen molar-refractivity contribution in [3.05, 3.63) is 41.3 Å². The van der Waals surface area contributed by atoms with Crippen molar-refractivity contribution in [2.45, 2.75) is 19.3 Å². The fourth-order valence-corrected chi connectivity index (χ4v) is 3.06. The van der Waals surface area contributed by atoms with Crippen LogP contribution in [0.5, 0.6) is 0 Å². The predicted molar refractivity (Wildman–Crippen MR) is 75.3 cm³/mol. The Morgan fingerprint density at radius 3 is 2.81 bits per heavy atom. The van der Waals surface area contributed by atoms with Crippen molar-refractivity contribution in [1.82, 2.24) is 5.16 Å². The van der Waals surface area contributed by atoms with Crippen molar-refractivity contribution in [2.24, 2.45) is 0 Å². The number of nitrogens with zero attached hydrogens (tertiary/aromatic N) is 2. The summed E-state index contributed by atoms with van der Waals surface area (Å²) in [5.74, 6) is 0.0574. The maximum Gasteiger partial charge on any atom is 0.294 e. The molecule has 1 N–H and O–H groups in total. The number of aryl methyl sites for hydroxylation is 1. The Hall–Kier alpha value is -2.63. The number of hydrogen-bond acceptors (Lipinski definition) is 4. The molecule has 0 saturated heterocycles. The van der Waals surface area contributed by atoms with Crippen molar-refractivity contribution >= 4 is 23.2 Å². The second-order valence-corrected chi connectivity index (χ2v) is 5.27. The van der Waals surface area contributed by atoms with Crippen LogP contribution in [0.15, 0.2) is 28.9 Å². The third-order valence-corrected chi connectivity index (χ3v) is 3.97. The lowest BCUT2D eigenvalue weighted by molar-refractivity contribution is -0.118. The van der Waals surface area contributed by atoms with Crippen molar-refractivity contribution in [2.75, 3.05) is 16.8 Å². The summed E-state index contributed by atoms with van der Waals surface area (Å²) >= 11 is 0. The van der Waals surface area contributed by atoms with Gasteiger partial charge in [-0.05, 0) is 36.1 Å². The van der Waals surface area contributed by atoms with Gasteiger partial charge in [0.05, 0.1) is 11.9 Å². The quantitative estimate of drug-likeness (QED) is 0.911. The van der Waals surface area contributed by atoms with Crippen molar-refractivity contribution in [3.8, 4) is 0 Å². The van der Waals surface area contributed by atoms with Gasteiger partial charge in [0.15, 0.2) is 0 Å². The average molecular weight is 283 g/mol. The first kappa shape index (κ1) is 12.1. The van der Waals surface area contributed by atoms with E-state index in [0.29, 0.717) is 6.42 Å². The molecule has 0 atom stereocenters. The van der Waals surface area contributed by atoms with Crippen molar-refractivity contribution < 1.29 is 14.1 Å². The van der Waals surface area contributed by atoms with E-state index in [4.69, 9.17) is 4.52 Å². The third-order valence-electron chi connectivity index (χ3n) is 3.97. The maximum atomic E-state index is 12.0. The predicted octanol–water partition coefficient (Wildman–Crippen LogP) is 1.76. The Labute approximate surface area is 120 Å². The van der Waals surface area contributed by atoms with Gasteiger partial charge in [-0.1, -0.05) is 5.16 Å². The van der Waals surface area contributed by atoms with Crippen LogP contribution < -0.4 is 10.2 Å². The summed E-state index contributed by atoms with van der Waals surface area (Å²) in [6.07, 6.45) is 3.53. The molecule has 3 heterocycles. The smallest absolute Gasteiger partial charge is 0.294 e. The lowest BCUT2D eigenvalue weighted by atomic mass is 9.98. The van der Waals surface area contributed by atoms with E-state index in [2.05, 4.69) is 10.5 Å². The molecule has 0 aliphatic carbocycles. The van der Waals surface area contributed by atoms with Gasteiger partial charge in [-0.25, -0.2) is 0 Å². The van der Waals surface area contributed by atoms with Gasteiger partial charge in [-0.2, -0.15) is 0 Å². The number of benzene rings is 1. The molecule has 1 aromatic heterocycles. The normalized spacial score (nSPS) is 16.0. The first-order chi connectivity index (χ1) is 10.2. The SMILES string of the molecule is O=C(Nc1cc2c3c(c1)CCN3C(=O)CC2)c1ccno1. The summed E-state index contributed by atoms with van der Waals surface area (Å²) in [5.41, 5.74) is 4.02. The minimum Gasteiger partial charge on any atom is -0.351 e. The summed E-state index contributed by atoms with van der Waals surface area (Å²) in [7, 11) is 0. The Morgan fingerprint density at radius 1 is 1.24 bits per heavy atom. The summed E-state index contributed by atoms with van der Waals surface area (Å²) in [6.45, 7) is 0.737. The van der Waals surface area contributed by atoms with Crippen LogP contribution in [0.4, 0.5) is 11.4 Å². The summed E-state index contributed by atoms with van der Waals surface area (Å²) in [6, 6.07) is 5.40. The molecule has 4 rings (SSSR count). The van der Waals surface area contributed by atoms with Crippen LogP contribution in [0.25, 0.3) is 0 Å². The molecule has 0 spiro atoms. The first-order valence-corrected chi connectivity index (χ1v) is 6.90. The number of carbonyl (C=O) groups excluding carboxylic acids is 2. The molecule has 0 bridgehead atoms. The molecule has 2 aliphatic rings. The van der Waals surface area contributed by atoms with Crippen LogP contribution >= 0.6 is 0 Å². The molecule has 6 heteroatoms. The van der Waals surface area contributed by atoms with Gasteiger partial charge in [0.1, 0.15) is 0 Å². The minimum atomic E-state index is -0.318. The molecule has 0 fully saturated rings. The van der Waals surface area contributed by atoms with Gasteiger partial charge in [-0.3, -0.25) is 9.59 Å². The zero-order valence-electron chi connectivity index (χ0n) is 11.3. The summed E-state index contributed by atoms with van der Waals surface area (Å²) in [5, 5.41) is 6.35. The van der Waals surface area contributed by atoms with Crippen LogP contribution in [0.1, 0.15) is 28.1 Å². The highest BCUT2D eigenvalue weighted by atomic mass is 16.5. The van der Waals surface area contributed by atoms with E-state index in [1.54, 1.807) is 0 Å². The van der Waals surface area contributed by atoms with E-state index in [1.165, 1.54) is 12.3 Å². The Kier molecular flexibility index (Phi) is 2.57. The molecule has 2 aromatic rings. The molecule has 0 saturated carbocycles. The van der Waals surface area contributed by atoms with Crippen molar-refractivity contribution in [3.63, 3.8) is 0 Å². The number of carbonyl (C=O) groups is 2. The molecule has 6 nitrogen and oxygen atoms in total. The van der Waals surface area contributed by atoms with Gasteiger partial charge >= 0.3 is 0 Å². The van der Waals surface area contributed by atoms with Crippen LogP contribution in [-0.2, 0) is 17.6 Å². The maximum absolute atomic E-state index is 12.0. The molecular formula is C15H13N3O3. The van der Waals surface area contributed by atoms with E-state index in [0.717, 1.165) is 41.9 Å². The second-order valence-electron chi connectivity index (χ2n) is 5.27. The van der Waals surface area contributed by atoms with E-state index in [-0.39, 0.29) is 17.6 Å². The summed E-state index contributed by atoms with van der Waals surface area (Å²) < 4.78 is 4.84. The highest BCUT2D eigenvalue weighted by Gasteiger charge is 2.31. The molecule has 1 aromatic carbocycles. The highest BCUT2D eigenvalue weighted by Crippen LogP contribution is 2.38. The molecule has 2 aliphatic heterocycles. The molecule has 0 unspecified atom stereocenters. The number of hydrogen-bond donors (Lipinski definition) is 1. The highest BCUT2D eigenvalue weighted by molar-refractivity contribution is 6.03. The topological polar surface area (TPSA) is 75.4 Å². The van der Waals surface area contributed by atoms with Crippen LogP contribution in [-0.4, -0.2) is 23.5 Å². The Morgan fingerprint density at radius 2 is 2.05 bits per heavy atom. The molecule has 106 valence electrons. The minimum absolute atomic E-state index is 0.181. The van der Waals surface area contributed by atoms with Gasteiger partial charge in [-0.15, -0.1) is 0 Å². The average Bonchev–Trinajstić information content (AvgIpc) is 3.13. The number of aromatic nitrogens is 1. The standard InChI is InChI=1S/C15H13N3O3/c19-13-2-1-9-7-11(8-10-4-6-18(13)14(9)10)17-15(20)12-3-5-16-21-12/h3,5,7-8H,1-2,4,6H2,(H,17,20). The summed E-state index contributed by atoms with van der Waals surface area (Å²) in [4.78, 5) is 25.7. The lowest BCUT2D eigenvalue weighted by Crippen LogP contribution is -2.32. The van der Waals surface area contributed by atoms with Crippen LogP contribution in [0.3, 0.4) is 0 Å². The third kappa shape index (κ3) is 1.91. The zero-order valence-corrected chi connectivity index (χ0v) is 11.3. The lowest BCUT2D eigenvalue weighted by Gasteiger charge is -2.25. The fourth-order valence-electron chi connectivity index (χ4n) is 3.06. The van der Waals surface area contributed by atoms with Gasteiger partial charge in [0, 0.05) is 24.7 Å². The van der Waals surface area contributed by atoms with E-state index < -0.39 is 0 Å². The zero-order chi connectivity index (χ0) is 14.4. The molecule has 21 heavy (non-hydrogen) atoms. The van der Waals surface area contributed by atoms with Crippen LogP contribution in [0.2, 0.25) is 0 Å².